The Morgan fingerprint density at radius 2 is 1.72 bits per heavy atom. The van der Waals surface area contributed by atoms with Crippen molar-refractivity contribution in [3.63, 3.8) is 0 Å². The zero-order chi connectivity index (χ0) is 13.1. The molecule has 0 saturated heterocycles. The third-order valence-electron chi connectivity index (χ3n) is 2.44. The lowest BCUT2D eigenvalue weighted by atomic mass is 10.0. The average Bonchev–Trinajstić information content (AvgIpc) is 2.27. The molecular weight excluding hydrogens is 302 g/mol. The molecule has 92 valence electrons. The van der Waals surface area contributed by atoms with Gasteiger partial charge in [-0.1, -0.05) is 28.1 Å². The van der Waals surface area contributed by atoms with E-state index in [1.807, 2.05) is 6.07 Å². The summed E-state index contributed by atoms with van der Waals surface area (Å²) in [6.07, 6.45) is 0.113. The van der Waals surface area contributed by atoms with E-state index in [4.69, 9.17) is 0 Å². The molecule has 0 aliphatic carbocycles. The lowest BCUT2D eigenvalue weighted by Crippen LogP contribution is -2.04. The van der Waals surface area contributed by atoms with Gasteiger partial charge in [-0.25, -0.2) is 8.78 Å². The normalized spacial score (nSPS) is 10.4. The molecule has 0 radical (unpaired) electrons. The molecule has 2 aromatic rings. The number of rotatable bonds is 3. The maximum Gasteiger partial charge on any atom is 0.167 e. The van der Waals surface area contributed by atoms with Crippen LogP contribution in [-0.2, 0) is 6.42 Å². The van der Waals surface area contributed by atoms with E-state index in [9.17, 15) is 13.6 Å². The molecule has 0 saturated carbocycles. The number of hydrogen-bond acceptors (Lipinski definition) is 1. The summed E-state index contributed by atoms with van der Waals surface area (Å²) in [6, 6.07) is 10.1. The molecule has 4 heteroatoms. The number of hydrogen-bond donors (Lipinski definition) is 0. The van der Waals surface area contributed by atoms with Gasteiger partial charge in [0.05, 0.1) is 0 Å². The minimum atomic E-state index is -0.743. The van der Waals surface area contributed by atoms with E-state index in [2.05, 4.69) is 15.9 Å². The van der Waals surface area contributed by atoms with Crippen LogP contribution in [0.5, 0.6) is 0 Å². The average molecular weight is 311 g/mol. The molecular formula is C14H9BrF2O. The van der Waals surface area contributed by atoms with Crippen molar-refractivity contribution in [2.24, 2.45) is 0 Å². The summed E-state index contributed by atoms with van der Waals surface area (Å²) in [7, 11) is 0. The Hall–Kier alpha value is -1.55. The van der Waals surface area contributed by atoms with Gasteiger partial charge in [0.15, 0.2) is 5.78 Å². The van der Waals surface area contributed by atoms with Gasteiger partial charge < -0.3 is 0 Å². The molecule has 1 nitrogen and oxygen atoms in total. The van der Waals surface area contributed by atoms with Gasteiger partial charge in [-0.15, -0.1) is 0 Å². The lowest BCUT2D eigenvalue weighted by molar-refractivity contribution is 0.0992. The van der Waals surface area contributed by atoms with Crippen molar-refractivity contribution in [3.8, 4) is 0 Å². The molecule has 0 aromatic heterocycles. The van der Waals surface area contributed by atoms with Crippen LogP contribution >= 0.6 is 15.9 Å². The molecule has 0 amide bonds. The van der Waals surface area contributed by atoms with Crippen LogP contribution in [0.3, 0.4) is 0 Å². The van der Waals surface area contributed by atoms with Crippen molar-refractivity contribution in [2.45, 2.75) is 6.42 Å². The van der Waals surface area contributed by atoms with Crippen LogP contribution in [0.4, 0.5) is 8.78 Å². The van der Waals surface area contributed by atoms with E-state index in [-0.39, 0.29) is 17.8 Å². The summed E-state index contributed by atoms with van der Waals surface area (Å²) in [5.74, 6) is -1.80. The number of Topliss-reactive ketones (excluding diaryl/α,β-unsaturated/α-hetero) is 1. The smallest absolute Gasteiger partial charge is 0.167 e. The van der Waals surface area contributed by atoms with Crippen molar-refractivity contribution in [3.05, 3.63) is 69.7 Å². The predicted octanol–water partition coefficient (Wildman–Crippen LogP) is 4.15. The van der Waals surface area contributed by atoms with E-state index in [1.54, 1.807) is 18.2 Å². The fourth-order valence-corrected chi connectivity index (χ4v) is 2.10. The third kappa shape index (κ3) is 3.23. The Morgan fingerprint density at radius 1 is 1.06 bits per heavy atom. The number of halogens is 3. The first kappa shape index (κ1) is 12.9. The van der Waals surface area contributed by atoms with E-state index in [0.29, 0.717) is 0 Å². The molecule has 0 unspecified atom stereocenters. The second kappa shape index (κ2) is 5.40. The molecule has 0 aliphatic heterocycles. The van der Waals surface area contributed by atoms with Gasteiger partial charge in [-0.3, -0.25) is 4.79 Å². The van der Waals surface area contributed by atoms with Crippen molar-refractivity contribution in [1.29, 1.82) is 0 Å². The molecule has 18 heavy (non-hydrogen) atoms. The fourth-order valence-electron chi connectivity index (χ4n) is 1.65. The Labute approximate surface area is 112 Å². The molecule has 2 aromatic carbocycles. The molecule has 0 aliphatic rings. The zero-order valence-electron chi connectivity index (χ0n) is 9.29. The van der Waals surface area contributed by atoms with Gasteiger partial charge in [0.2, 0.25) is 0 Å². The molecule has 0 atom stereocenters. The second-order valence-electron chi connectivity index (χ2n) is 3.89. The summed E-state index contributed by atoms with van der Waals surface area (Å²) >= 11 is 3.30. The van der Waals surface area contributed by atoms with Crippen LogP contribution < -0.4 is 0 Å². The van der Waals surface area contributed by atoms with E-state index in [1.165, 1.54) is 0 Å². The van der Waals surface area contributed by atoms with Gasteiger partial charge in [0.25, 0.3) is 0 Å². The Morgan fingerprint density at radius 3 is 2.33 bits per heavy atom. The van der Waals surface area contributed by atoms with Gasteiger partial charge in [0.1, 0.15) is 11.6 Å². The van der Waals surface area contributed by atoms with E-state index >= 15 is 0 Å². The largest absolute Gasteiger partial charge is 0.294 e. The molecule has 0 spiro atoms. The Kier molecular flexibility index (Phi) is 3.87. The van der Waals surface area contributed by atoms with Gasteiger partial charge >= 0.3 is 0 Å². The highest BCUT2D eigenvalue weighted by molar-refractivity contribution is 9.10. The van der Waals surface area contributed by atoms with Gasteiger partial charge in [-0.05, 0) is 29.8 Å². The monoisotopic (exact) mass is 310 g/mol. The summed E-state index contributed by atoms with van der Waals surface area (Å²) in [4.78, 5) is 11.9. The molecule has 0 fully saturated rings. The highest BCUT2D eigenvalue weighted by Crippen LogP contribution is 2.15. The second-order valence-corrected chi connectivity index (χ2v) is 4.80. The van der Waals surface area contributed by atoms with E-state index < -0.39 is 11.6 Å². The van der Waals surface area contributed by atoms with Crippen LogP contribution in [0.25, 0.3) is 0 Å². The first-order valence-electron chi connectivity index (χ1n) is 5.28. The first-order valence-corrected chi connectivity index (χ1v) is 6.07. The molecule has 0 heterocycles. The topological polar surface area (TPSA) is 17.1 Å². The van der Waals surface area contributed by atoms with Crippen LogP contribution in [0, 0.1) is 11.6 Å². The number of carbonyl (C=O) groups excluding carboxylic acids is 1. The predicted molar refractivity (Wildman–Crippen MR) is 68.5 cm³/mol. The fraction of sp³-hybridized carbons (Fsp3) is 0.0714. The third-order valence-corrected chi connectivity index (χ3v) is 2.93. The minimum absolute atomic E-state index is 0.0486. The van der Waals surface area contributed by atoms with Crippen LogP contribution in [0.2, 0.25) is 0 Å². The molecule has 0 N–H and O–H groups in total. The Balaban J connectivity index is 2.22. The van der Waals surface area contributed by atoms with Crippen molar-refractivity contribution < 1.29 is 13.6 Å². The standard InChI is InChI=1S/C14H9BrF2O/c15-11-3-1-2-9(4-11)5-14(18)10-6-12(16)8-13(17)7-10/h1-4,6-8H,5H2. The maximum absolute atomic E-state index is 13.0. The highest BCUT2D eigenvalue weighted by Gasteiger charge is 2.10. The lowest BCUT2D eigenvalue weighted by Gasteiger charge is -2.03. The van der Waals surface area contributed by atoms with E-state index in [0.717, 1.165) is 28.2 Å². The van der Waals surface area contributed by atoms with Crippen molar-refractivity contribution >= 4 is 21.7 Å². The quantitative estimate of drug-likeness (QED) is 0.778. The van der Waals surface area contributed by atoms with Crippen molar-refractivity contribution in [2.75, 3.05) is 0 Å². The SMILES string of the molecule is O=C(Cc1cccc(Br)c1)c1cc(F)cc(F)c1. The maximum atomic E-state index is 13.0. The molecule has 2 rings (SSSR count). The highest BCUT2D eigenvalue weighted by atomic mass is 79.9. The number of ketones is 1. The van der Waals surface area contributed by atoms with Crippen LogP contribution in [0.1, 0.15) is 15.9 Å². The first-order chi connectivity index (χ1) is 8.54. The Bertz CT molecular complexity index is 576. The summed E-state index contributed by atoms with van der Waals surface area (Å²) in [6.45, 7) is 0. The summed E-state index contributed by atoms with van der Waals surface area (Å²) < 4.78 is 26.8. The summed E-state index contributed by atoms with van der Waals surface area (Å²) in [5, 5.41) is 0. The summed E-state index contributed by atoms with van der Waals surface area (Å²) in [5.41, 5.74) is 0.839. The number of benzene rings is 2. The number of carbonyl (C=O) groups is 1. The van der Waals surface area contributed by atoms with Crippen LogP contribution in [0.15, 0.2) is 46.9 Å². The van der Waals surface area contributed by atoms with Crippen LogP contribution in [-0.4, -0.2) is 5.78 Å². The van der Waals surface area contributed by atoms with Crippen molar-refractivity contribution in [1.82, 2.24) is 0 Å². The minimum Gasteiger partial charge on any atom is -0.294 e. The van der Waals surface area contributed by atoms with Gasteiger partial charge in [-0.2, -0.15) is 0 Å². The molecule has 0 bridgehead atoms. The zero-order valence-corrected chi connectivity index (χ0v) is 10.9. The van der Waals surface area contributed by atoms with Gasteiger partial charge in [0, 0.05) is 22.5 Å².